The van der Waals surface area contributed by atoms with Gasteiger partial charge in [0.05, 0.1) is 12.7 Å². The van der Waals surface area contributed by atoms with Gasteiger partial charge in [0.25, 0.3) is 0 Å². The van der Waals surface area contributed by atoms with E-state index in [0.29, 0.717) is 18.3 Å². The van der Waals surface area contributed by atoms with Crippen LogP contribution in [0.1, 0.15) is 18.5 Å². The Bertz CT molecular complexity index is 535. The number of amides is 2. The maximum Gasteiger partial charge on any atom is 0.323 e. The minimum atomic E-state index is -0.0770. The van der Waals surface area contributed by atoms with Crippen LogP contribution in [-0.2, 0) is 11.8 Å². The molecule has 1 atom stereocenters. The number of ether oxygens (including phenoxy) is 1. The van der Waals surface area contributed by atoms with Crippen LogP contribution in [0, 0.1) is 12.8 Å². The van der Waals surface area contributed by atoms with E-state index in [2.05, 4.69) is 22.4 Å². The number of carbonyl (C=O) groups is 1. The van der Waals surface area contributed by atoms with Gasteiger partial charge in [0.1, 0.15) is 0 Å². The molecule has 0 aromatic carbocycles. The molecule has 1 aromatic rings. The molecule has 3 rings (SSSR count). The molecule has 128 valence electrons. The van der Waals surface area contributed by atoms with Gasteiger partial charge in [0.15, 0.2) is 5.82 Å². The lowest BCUT2D eigenvalue weighted by atomic mass is 10.2. The van der Waals surface area contributed by atoms with Crippen molar-refractivity contribution < 1.29 is 9.53 Å². The number of aryl methyl sites for hydroxylation is 2. The standard InChI is InChI=1S/C16H27N5O2/c1-12-8-15(18-20(12)3)17-16(22)21(9-13-4-5-13)11-14-10-19(2)6-7-23-14/h8,13-14H,4-7,9-11H2,1-3H3,(H,17,18,22). The van der Waals surface area contributed by atoms with Crippen molar-refractivity contribution in [3.05, 3.63) is 11.8 Å². The first kappa shape index (κ1) is 16.3. The van der Waals surface area contributed by atoms with Gasteiger partial charge in [-0.2, -0.15) is 5.10 Å². The number of aromatic nitrogens is 2. The lowest BCUT2D eigenvalue weighted by molar-refractivity contribution is -0.0302. The van der Waals surface area contributed by atoms with Crippen LogP contribution in [0.3, 0.4) is 0 Å². The summed E-state index contributed by atoms with van der Waals surface area (Å²) in [5, 5.41) is 7.23. The van der Waals surface area contributed by atoms with Gasteiger partial charge in [-0.05, 0) is 32.7 Å². The first-order chi connectivity index (χ1) is 11.0. The Morgan fingerprint density at radius 2 is 2.22 bits per heavy atom. The van der Waals surface area contributed by atoms with Crippen molar-refractivity contribution >= 4 is 11.8 Å². The quantitative estimate of drug-likeness (QED) is 0.888. The highest BCUT2D eigenvalue weighted by atomic mass is 16.5. The van der Waals surface area contributed by atoms with E-state index in [1.807, 2.05) is 24.9 Å². The molecule has 0 bridgehead atoms. The van der Waals surface area contributed by atoms with Crippen LogP contribution in [0.15, 0.2) is 6.07 Å². The Balaban J connectivity index is 1.61. The summed E-state index contributed by atoms with van der Waals surface area (Å²) in [5.74, 6) is 1.25. The molecule has 0 radical (unpaired) electrons. The minimum absolute atomic E-state index is 0.0770. The first-order valence-electron chi connectivity index (χ1n) is 8.38. The third-order valence-electron chi connectivity index (χ3n) is 4.58. The van der Waals surface area contributed by atoms with E-state index in [9.17, 15) is 4.79 Å². The molecule has 2 fully saturated rings. The Hall–Kier alpha value is -1.60. The Morgan fingerprint density at radius 1 is 1.43 bits per heavy atom. The van der Waals surface area contributed by atoms with Crippen LogP contribution in [-0.4, -0.2) is 71.5 Å². The number of hydrogen-bond acceptors (Lipinski definition) is 4. The Kier molecular flexibility index (Phi) is 4.87. The van der Waals surface area contributed by atoms with E-state index in [4.69, 9.17) is 4.74 Å². The van der Waals surface area contributed by atoms with Crippen molar-refractivity contribution in [3.63, 3.8) is 0 Å². The van der Waals surface area contributed by atoms with Crippen LogP contribution >= 0.6 is 0 Å². The average Bonchev–Trinajstić information content (AvgIpc) is 3.24. The summed E-state index contributed by atoms with van der Waals surface area (Å²) in [4.78, 5) is 16.8. The normalized spacial score (nSPS) is 22.1. The predicted molar refractivity (Wildman–Crippen MR) is 88.5 cm³/mol. The zero-order valence-corrected chi connectivity index (χ0v) is 14.3. The van der Waals surface area contributed by atoms with Crippen molar-refractivity contribution in [1.29, 1.82) is 0 Å². The number of morpholine rings is 1. The predicted octanol–water partition coefficient (Wildman–Crippen LogP) is 1.30. The van der Waals surface area contributed by atoms with E-state index in [1.165, 1.54) is 12.8 Å². The number of anilines is 1. The maximum absolute atomic E-state index is 12.6. The number of urea groups is 1. The Morgan fingerprint density at radius 3 is 2.83 bits per heavy atom. The third-order valence-corrected chi connectivity index (χ3v) is 4.58. The molecule has 1 saturated carbocycles. The number of carbonyl (C=O) groups excluding carboxylic acids is 1. The molecule has 1 aromatic heterocycles. The second-order valence-corrected chi connectivity index (χ2v) is 6.83. The summed E-state index contributed by atoms with van der Waals surface area (Å²) >= 11 is 0. The molecule has 0 spiro atoms. The second-order valence-electron chi connectivity index (χ2n) is 6.83. The van der Waals surface area contributed by atoms with Crippen molar-refractivity contribution in [2.45, 2.75) is 25.9 Å². The fourth-order valence-corrected chi connectivity index (χ4v) is 2.89. The van der Waals surface area contributed by atoms with Gasteiger partial charge in [0.2, 0.25) is 0 Å². The van der Waals surface area contributed by atoms with Crippen molar-refractivity contribution in [2.24, 2.45) is 13.0 Å². The van der Waals surface area contributed by atoms with E-state index < -0.39 is 0 Å². The molecular weight excluding hydrogens is 294 g/mol. The smallest absolute Gasteiger partial charge is 0.323 e. The zero-order valence-electron chi connectivity index (χ0n) is 14.3. The monoisotopic (exact) mass is 321 g/mol. The highest BCUT2D eigenvalue weighted by molar-refractivity contribution is 5.88. The molecule has 7 nitrogen and oxygen atoms in total. The number of rotatable bonds is 5. The van der Waals surface area contributed by atoms with Crippen molar-refractivity contribution in [2.75, 3.05) is 45.2 Å². The van der Waals surface area contributed by atoms with Crippen LogP contribution in [0.5, 0.6) is 0 Å². The maximum atomic E-state index is 12.6. The first-order valence-corrected chi connectivity index (χ1v) is 8.38. The summed E-state index contributed by atoms with van der Waals surface area (Å²) < 4.78 is 7.59. The van der Waals surface area contributed by atoms with Crippen molar-refractivity contribution in [1.82, 2.24) is 19.6 Å². The topological polar surface area (TPSA) is 62.6 Å². The summed E-state index contributed by atoms with van der Waals surface area (Å²) in [6, 6.07) is 1.81. The van der Waals surface area contributed by atoms with E-state index >= 15 is 0 Å². The van der Waals surface area contributed by atoms with Gasteiger partial charge in [-0.3, -0.25) is 10.00 Å². The van der Waals surface area contributed by atoms with Crippen LogP contribution in [0.4, 0.5) is 10.6 Å². The van der Waals surface area contributed by atoms with Crippen LogP contribution < -0.4 is 5.32 Å². The molecular formula is C16H27N5O2. The molecule has 1 aliphatic carbocycles. The summed E-state index contributed by atoms with van der Waals surface area (Å²) in [6.45, 7) is 5.98. The highest BCUT2D eigenvalue weighted by Gasteiger charge is 2.30. The summed E-state index contributed by atoms with van der Waals surface area (Å²) in [7, 11) is 3.97. The zero-order chi connectivity index (χ0) is 16.4. The highest BCUT2D eigenvalue weighted by Crippen LogP contribution is 2.30. The van der Waals surface area contributed by atoms with E-state index in [1.54, 1.807) is 4.68 Å². The van der Waals surface area contributed by atoms with E-state index in [0.717, 1.165) is 31.9 Å². The molecule has 2 aliphatic rings. The molecule has 2 heterocycles. The average molecular weight is 321 g/mol. The summed E-state index contributed by atoms with van der Waals surface area (Å²) in [6.07, 6.45) is 2.53. The number of hydrogen-bond donors (Lipinski definition) is 1. The van der Waals surface area contributed by atoms with Gasteiger partial charge < -0.3 is 14.5 Å². The lowest BCUT2D eigenvalue weighted by Crippen LogP contribution is -2.49. The second kappa shape index (κ2) is 6.88. The van der Waals surface area contributed by atoms with Crippen molar-refractivity contribution in [3.8, 4) is 0 Å². The SMILES string of the molecule is Cc1cc(NC(=O)N(CC2CC2)CC2CN(C)CCO2)nn1C. The molecule has 7 heteroatoms. The molecule has 1 aliphatic heterocycles. The van der Waals surface area contributed by atoms with Crippen LogP contribution in [0.2, 0.25) is 0 Å². The largest absolute Gasteiger partial charge is 0.374 e. The minimum Gasteiger partial charge on any atom is -0.374 e. The van der Waals surface area contributed by atoms with Gasteiger partial charge in [-0.25, -0.2) is 4.79 Å². The number of nitrogens with zero attached hydrogens (tertiary/aromatic N) is 4. The van der Waals surface area contributed by atoms with Gasteiger partial charge in [0, 0.05) is 45.0 Å². The number of nitrogens with one attached hydrogen (secondary N) is 1. The summed E-state index contributed by atoms with van der Waals surface area (Å²) in [5.41, 5.74) is 1.02. The molecule has 1 saturated heterocycles. The Labute approximate surface area is 137 Å². The molecule has 1 N–H and O–H groups in total. The molecule has 2 amide bonds. The van der Waals surface area contributed by atoms with Gasteiger partial charge in [-0.15, -0.1) is 0 Å². The molecule has 1 unspecified atom stereocenters. The lowest BCUT2D eigenvalue weighted by Gasteiger charge is -2.34. The molecule has 23 heavy (non-hydrogen) atoms. The fourth-order valence-electron chi connectivity index (χ4n) is 2.89. The van der Waals surface area contributed by atoms with Crippen LogP contribution in [0.25, 0.3) is 0 Å². The third kappa shape index (κ3) is 4.45. The van der Waals surface area contributed by atoms with Gasteiger partial charge >= 0.3 is 6.03 Å². The van der Waals surface area contributed by atoms with Gasteiger partial charge in [-0.1, -0.05) is 0 Å². The fraction of sp³-hybridized carbons (Fsp3) is 0.750. The van der Waals surface area contributed by atoms with E-state index in [-0.39, 0.29) is 12.1 Å². The number of likely N-dealkylation sites (N-methyl/N-ethyl adjacent to an activating group) is 1.